The Bertz CT molecular complexity index is 332. The van der Waals surface area contributed by atoms with Crippen molar-refractivity contribution in [3.63, 3.8) is 0 Å². The zero-order chi connectivity index (χ0) is 8.97. The summed E-state index contributed by atoms with van der Waals surface area (Å²) in [7, 11) is 0. The quantitative estimate of drug-likeness (QED) is 0.552. The minimum atomic E-state index is -0.0621. The second-order valence-corrected chi connectivity index (χ2v) is 2.77. The van der Waals surface area contributed by atoms with Crippen LogP contribution in [0.2, 0.25) is 0 Å². The van der Waals surface area contributed by atoms with E-state index >= 15 is 0 Å². The zero-order valence-corrected chi connectivity index (χ0v) is 7.50. The van der Waals surface area contributed by atoms with Gasteiger partial charge in [0.25, 0.3) is 5.56 Å². The number of hydrogen-bond donors (Lipinski definition) is 1. The Balaban J connectivity index is 2.83. The van der Waals surface area contributed by atoms with E-state index in [-0.39, 0.29) is 5.56 Å². The van der Waals surface area contributed by atoms with Crippen molar-refractivity contribution in [2.45, 2.75) is 6.54 Å². The van der Waals surface area contributed by atoms with E-state index in [0.717, 1.165) is 5.57 Å². The lowest BCUT2D eigenvalue weighted by molar-refractivity contribution is 0.728. The van der Waals surface area contributed by atoms with E-state index < -0.39 is 0 Å². The molecule has 0 saturated carbocycles. The summed E-state index contributed by atoms with van der Waals surface area (Å²) in [5.74, 6) is 0.585. The van der Waals surface area contributed by atoms with Gasteiger partial charge < -0.3 is 0 Å². The van der Waals surface area contributed by atoms with E-state index in [4.69, 9.17) is 0 Å². The highest BCUT2D eigenvalue weighted by Crippen LogP contribution is 1.95. The van der Waals surface area contributed by atoms with Gasteiger partial charge in [-0.05, 0) is 5.57 Å². The molecule has 0 N–H and O–H groups in total. The molecule has 0 spiro atoms. The molecule has 0 saturated heterocycles. The monoisotopic (exact) mass is 182 g/mol. The van der Waals surface area contributed by atoms with Crippen molar-refractivity contribution in [3.05, 3.63) is 41.1 Å². The number of rotatable bonds is 3. The molecule has 1 rings (SSSR count). The summed E-state index contributed by atoms with van der Waals surface area (Å²) >= 11 is 4.04. The van der Waals surface area contributed by atoms with Gasteiger partial charge in [0.05, 0.1) is 6.33 Å². The van der Waals surface area contributed by atoms with Gasteiger partial charge in [0.2, 0.25) is 0 Å². The smallest absolute Gasteiger partial charge is 0.253 e. The maximum atomic E-state index is 11.1. The van der Waals surface area contributed by atoms with E-state index in [1.165, 1.54) is 23.2 Å². The summed E-state index contributed by atoms with van der Waals surface area (Å²) < 4.78 is 1.50. The molecule has 1 aromatic heterocycles. The van der Waals surface area contributed by atoms with Gasteiger partial charge in [-0.2, -0.15) is 12.6 Å². The minimum Gasteiger partial charge on any atom is -0.295 e. The molecule has 0 atom stereocenters. The van der Waals surface area contributed by atoms with Gasteiger partial charge in [0, 0.05) is 24.6 Å². The molecule has 0 aromatic carbocycles. The Kier molecular flexibility index (Phi) is 3.10. The fourth-order valence-corrected chi connectivity index (χ4v) is 0.888. The maximum absolute atomic E-state index is 11.1. The SMILES string of the molecule is C=C(CS)Cn1cnccc1=O. The molecule has 0 unspecified atom stereocenters. The summed E-state index contributed by atoms with van der Waals surface area (Å²) in [6.45, 7) is 4.24. The molecule has 0 aliphatic rings. The first-order chi connectivity index (χ1) is 5.74. The van der Waals surface area contributed by atoms with Gasteiger partial charge in [-0.15, -0.1) is 0 Å². The van der Waals surface area contributed by atoms with E-state index in [9.17, 15) is 4.79 Å². The normalized spacial score (nSPS) is 9.75. The summed E-state index contributed by atoms with van der Waals surface area (Å²) in [5.41, 5.74) is 0.835. The molecule has 0 aliphatic heterocycles. The van der Waals surface area contributed by atoms with Crippen LogP contribution in [0.3, 0.4) is 0 Å². The van der Waals surface area contributed by atoms with Crippen molar-refractivity contribution < 1.29 is 0 Å². The Morgan fingerprint density at radius 2 is 2.50 bits per heavy atom. The van der Waals surface area contributed by atoms with Gasteiger partial charge in [0.1, 0.15) is 0 Å². The summed E-state index contributed by atoms with van der Waals surface area (Å²) in [4.78, 5) is 15.0. The third kappa shape index (κ3) is 2.23. The van der Waals surface area contributed by atoms with Crippen molar-refractivity contribution in [1.29, 1.82) is 0 Å². The molecular formula is C8H10N2OS. The van der Waals surface area contributed by atoms with E-state index in [1.54, 1.807) is 0 Å². The lowest BCUT2D eigenvalue weighted by Gasteiger charge is -2.03. The second kappa shape index (κ2) is 4.11. The van der Waals surface area contributed by atoms with E-state index in [1.807, 2.05) is 0 Å². The van der Waals surface area contributed by atoms with Crippen LogP contribution in [0.1, 0.15) is 0 Å². The largest absolute Gasteiger partial charge is 0.295 e. The van der Waals surface area contributed by atoms with Crippen molar-refractivity contribution in [2.75, 3.05) is 5.75 Å². The van der Waals surface area contributed by atoms with E-state index in [2.05, 4.69) is 24.2 Å². The third-order valence-electron chi connectivity index (χ3n) is 1.41. The van der Waals surface area contributed by atoms with Crippen LogP contribution in [0.5, 0.6) is 0 Å². The maximum Gasteiger partial charge on any atom is 0.253 e. The first kappa shape index (κ1) is 9.06. The molecule has 0 amide bonds. The summed E-state index contributed by atoms with van der Waals surface area (Å²) in [5, 5.41) is 0. The standard InChI is InChI=1S/C8H10N2OS/c1-7(5-12)4-10-6-9-3-2-8(10)11/h2-3,6,12H,1,4-5H2. The van der Waals surface area contributed by atoms with Crippen LogP contribution in [-0.2, 0) is 6.54 Å². The van der Waals surface area contributed by atoms with Crippen molar-refractivity contribution in [1.82, 2.24) is 9.55 Å². The molecule has 64 valence electrons. The summed E-state index contributed by atoms with van der Waals surface area (Å²) in [6, 6.07) is 1.42. The van der Waals surface area contributed by atoms with Gasteiger partial charge in [-0.3, -0.25) is 9.36 Å². The number of aromatic nitrogens is 2. The van der Waals surface area contributed by atoms with E-state index in [0.29, 0.717) is 12.3 Å². The van der Waals surface area contributed by atoms with Crippen LogP contribution < -0.4 is 5.56 Å². The minimum absolute atomic E-state index is 0.0621. The summed E-state index contributed by atoms with van der Waals surface area (Å²) in [6.07, 6.45) is 2.97. The Labute approximate surface area is 76.2 Å². The number of thiol groups is 1. The molecule has 12 heavy (non-hydrogen) atoms. The van der Waals surface area contributed by atoms with Gasteiger partial charge in [-0.1, -0.05) is 6.58 Å². The Hall–Kier alpha value is -1.03. The lowest BCUT2D eigenvalue weighted by atomic mass is 10.3. The molecule has 0 aliphatic carbocycles. The predicted molar refractivity (Wildman–Crippen MR) is 51.5 cm³/mol. The van der Waals surface area contributed by atoms with Gasteiger partial charge in [-0.25, -0.2) is 4.98 Å². The molecule has 3 nitrogen and oxygen atoms in total. The van der Waals surface area contributed by atoms with Crippen LogP contribution >= 0.6 is 12.6 Å². The number of hydrogen-bond acceptors (Lipinski definition) is 3. The first-order valence-electron chi connectivity index (χ1n) is 3.52. The fraction of sp³-hybridized carbons (Fsp3) is 0.250. The van der Waals surface area contributed by atoms with Crippen LogP contribution in [0.25, 0.3) is 0 Å². The molecule has 0 bridgehead atoms. The molecule has 0 fully saturated rings. The Morgan fingerprint density at radius 3 is 3.08 bits per heavy atom. The van der Waals surface area contributed by atoms with Crippen molar-refractivity contribution >= 4 is 12.6 Å². The third-order valence-corrected chi connectivity index (χ3v) is 1.86. The second-order valence-electron chi connectivity index (χ2n) is 2.45. The highest BCUT2D eigenvalue weighted by Gasteiger charge is 1.95. The zero-order valence-electron chi connectivity index (χ0n) is 6.60. The van der Waals surface area contributed by atoms with Gasteiger partial charge >= 0.3 is 0 Å². The molecule has 1 heterocycles. The van der Waals surface area contributed by atoms with Crippen LogP contribution in [-0.4, -0.2) is 15.3 Å². The number of nitrogens with zero attached hydrogens (tertiary/aromatic N) is 2. The lowest BCUT2D eigenvalue weighted by Crippen LogP contribution is -2.19. The van der Waals surface area contributed by atoms with Crippen molar-refractivity contribution in [3.8, 4) is 0 Å². The van der Waals surface area contributed by atoms with Gasteiger partial charge in [0.15, 0.2) is 0 Å². The average Bonchev–Trinajstić information content (AvgIpc) is 2.09. The van der Waals surface area contributed by atoms with Crippen molar-refractivity contribution in [2.24, 2.45) is 0 Å². The predicted octanol–water partition coefficient (Wildman–Crippen LogP) is 0.729. The molecule has 4 heteroatoms. The average molecular weight is 182 g/mol. The molecular weight excluding hydrogens is 172 g/mol. The highest BCUT2D eigenvalue weighted by molar-refractivity contribution is 7.80. The molecule has 1 aromatic rings. The highest BCUT2D eigenvalue weighted by atomic mass is 32.1. The van der Waals surface area contributed by atoms with Crippen LogP contribution in [0.15, 0.2) is 35.5 Å². The topological polar surface area (TPSA) is 34.9 Å². The van der Waals surface area contributed by atoms with Crippen LogP contribution in [0, 0.1) is 0 Å². The molecule has 0 radical (unpaired) electrons. The Morgan fingerprint density at radius 1 is 1.75 bits per heavy atom. The fourth-order valence-electron chi connectivity index (χ4n) is 0.788. The first-order valence-corrected chi connectivity index (χ1v) is 4.15. The van der Waals surface area contributed by atoms with Crippen LogP contribution in [0.4, 0.5) is 0 Å².